The van der Waals surface area contributed by atoms with Crippen LogP contribution in [0.25, 0.3) is 0 Å². The summed E-state index contributed by atoms with van der Waals surface area (Å²) in [7, 11) is -1.31. The molecule has 0 atom stereocenters. The lowest BCUT2D eigenvalue weighted by molar-refractivity contribution is 0.0602. The first-order valence-electron chi connectivity index (χ1n) is 5.44. The van der Waals surface area contributed by atoms with E-state index in [2.05, 4.69) is 4.74 Å². The topological polar surface area (TPSA) is 83.9 Å². The van der Waals surface area contributed by atoms with E-state index < -0.39 is 21.5 Å². The highest BCUT2D eigenvalue weighted by molar-refractivity contribution is 7.89. The van der Waals surface area contributed by atoms with Gasteiger partial charge in [0.2, 0.25) is 10.0 Å². The maximum Gasteiger partial charge on any atom is 0.349 e. The van der Waals surface area contributed by atoms with Crippen LogP contribution < -0.4 is 0 Å². The van der Waals surface area contributed by atoms with Crippen LogP contribution in [-0.2, 0) is 14.8 Å². The fraction of sp³-hybridized carbons (Fsp3) is 0.545. The lowest BCUT2D eigenvalue weighted by Crippen LogP contribution is -2.47. The zero-order valence-electron chi connectivity index (χ0n) is 11.2. The molecule has 1 aromatic heterocycles. The van der Waals surface area contributed by atoms with Gasteiger partial charge in [0, 0.05) is 7.05 Å². The SMILES string of the molecule is COC(=O)c1sccc1S(=O)(=O)N(C)C(C)(C)CO. The third-order valence-electron chi connectivity index (χ3n) is 2.88. The summed E-state index contributed by atoms with van der Waals surface area (Å²) in [6.45, 7) is 2.85. The summed E-state index contributed by atoms with van der Waals surface area (Å²) in [6.07, 6.45) is 0. The summed E-state index contributed by atoms with van der Waals surface area (Å²) in [6, 6.07) is 1.36. The van der Waals surface area contributed by atoms with Crippen molar-refractivity contribution < 1.29 is 23.1 Å². The summed E-state index contributed by atoms with van der Waals surface area (Å²) in [5.74, 6) is -0.691. The van der Waals surface area contributed by atoms with Gasteiger partial charge >= 0.3 is 5.97 Å². The molecule has 0 aliphatic rings. The molecule has 0 aliphatic heterocycles. The molecule has 6 nitrogen and oxygen atoms in total. The Hall–Kier alpha value is -0.960. The van der Waals surface area contributed by atoms with Gasteiger partial charge in [-0.25, -0.2) is 13.2 Å². The van der Waals surface area contributed by atoms with Crippen molar-refractivity contribution in [1.82, 2.24) is 4.31 Å². The molecule has 0 radical (unpaired) electrons. The van der Waals surface area contributed by atoms with Crippen LogP contribution in [0.1, 0.15) is 23.5 Å². The van der Waals surface area contributed by atoms with Crippen molar-refractivity contribution in [2.75, 3.05) is 20.8 Å². The number of hydrogen-bond acceptors (Lipinski definition) is 6. The summed E-state index contributed by atoms with van der Waals surface area (Å²) in [5.41, 5.74) is -0.964. The van der Waals surface area contributed by atoms with Gasteiger partial charge in [-0.15, -0.1) is 11.3 Å². The minimum atomic E-state index is -3.87. The molecule has 0 spiro atoms. The summed E-state index contributed by atoms with van der Waals surface area (Å²) in [4.78, 5) is 11.5. The fourth-order valence-corrected chi connectivity index (χ4v) is 4.13. The Kier molecular flexibility index (Phi) is 4.72. The number of carbonyl (C=O) groups is 1. The molecule has 0 amide bonds. The molecule has 108 valence electrons. The molecule has 1 aromatic rings. The molecule has 1 rings (SSSR count). The molecular weight excluding hydrogens is 290 g/mol. The zero-order chi connectivity index (χ0) is 14.8. The predicted octanol–water partition coefficient (Wildman–Crippen LogP) is 0.926. The van der Waals surface area contributed by atoms with E-state index in [-0.39, 0.29) is 16.4 Å². The van der Waals surface area contributed by atoms with E-state index in [1.807, 2.05) is 0 Å². The maximum atomic E-state index is 12.5. The monoisotopic (exact) mass is 307 g/mol. The van der Waals surface area contributed by atoms with Crippen molar-refractivity contribution in [3.8, 4) is 0 Å². The summed E-state index contributed by atoms with van der Waals surface area (Å²) < 4.78 is 30.5. The third kappa shape index (κ3) is 2.97. The van der Waals surface area contributed by atoms with Gasteiger partial charge in [0.05, 0.1) is 19.3 Å². The highest BCUT2D eigenvalue weighted by Gasteiger charge is 2.36. The number of nitrogens with zero attached hydrogens (tertiary/aromatic N) is 1. The van der Waals surface area contributed by atoms with Crippen LogP contribution in [0.15, 0.2) is 16.3 Å². The second kappa shape index (κ2) is 5.58. The van der Waals surface area contributed by atoms with Crippen molar-refractivity contribution in [3.05, 3.63) is 16.3 Å². The van der Waals surface area contributed by atoms with Gasteiger partial charge in [0.15, 0.2) is 0 Å². The first-order chi connectivity index (χ1) is 8.68. The van der Waals surface area contributed by atoms with Crippen LogP contribution in [0, 0.1) is 0 Å². The molecule has 0 bridgehead atoms. The Labute approximate surface area is 116 Å². The zero-order valence-corrected chi connectivity index (χ0v) is 12.8. The van der Waals surface area contributed by atoms with Crippen LogP contribution in [0.2, 0.25) is 0 Å². The van der Waals surface area contributed by atoms with E-state index >= 15 is 0 Å². The Morgan fingerprint density at radius 1 is 1.53 bits per heavy atom. The molecule has 0 aromatic carbocycles. The number of likely N-dealkylation sites (N-methyl/N-ethyl adjacent to an activating group) is 1. The van der Waals surface area contributed by atoms with E-state index in [1.165, 1.54) is 25.6 Å². The number of sulfonamides is 1. The molecule has 0 saturated heterocycles. The highest BCUT2D eigenvalue weighted by Crippen LogP contribution is 2.28. The van der Waals surface area contributed by atoms with Gasteiger partial charge in [-0.2, -0.15) is 4.31 Å². The van der Waals surface area contributed by atoms with Crippen molar-refractivity contribution in [1.29, 1.82) is 0 Å². The van der Waals surface area contributed by atoms with Crippen molar-refractivity contribution >= 4 is 27.3 Å². The molecule has 1 N–H and O–H groups in total. The number of methoxy groups -OCH3 is 1. The van der Waals surface area contributed by atoms with Gasteiger partial charge in [0.25, 0.3) is 0 Å². The second-order valence-corrected chi connectivity index (χ2v) is 7.40. The molecule has 0 fully saturated rings. The number of aliphatic hydroxyl groups is 1. The molecular formula is C11H17NO5S2. The number of thiophene rings is 1. The second-order valence-electron chi connectivity index (χ2n) is 4.55. The number of aliphatic hydroxyl groups excluding tert-OH is 1. The Morgan fingerprint density at radius 2 is 2.11 bits per heavy atom. The van der Waals surface area contributed by atoms with Crippen molar-refractivity contribution in [3.63, 3.8) is 0 Å². The third-order valence-corrected chi connectivity index (χ3v) is 6.01. The van der Waals surface area contributed by atoms with Crippen LogP contribution in [-0.4, -0.2) is 50.1 Å². The molecule has 1 heterocycles. The quantitative estimate of drug-likeness (QED) is 0.818. The molecule has 0 aliphatic carbocycles. The lowest BCUT2D eigenvalue weighted by Gasteiger charge is -2.32. The summed E-state index contributed by atoms with van der Waals surface area (Å²) >= 11 is 1.00. The van der Waals surface area contributed by atoms with E-state index in [4.69, 9.17) is 0 Å². The number of carbonyl (C=O) groups excluding carboxylic acids is 1. The molecule has 8 heteroatoms. The van der Waals surface area contributed by atoms with Gasteiger partial charge in [-0.3, -0.25) is 0 Å². The first kappa shape index (κ1) is 16.1. The van der Waals surface area contributed by atoms with E-state index in [0.29, 0.717) is 0 Å². The standard InChI is InChI=1S/C11H17NO5S2/c1-11(2,7-13)12(3)19(15,16)8-5-6-18-9(8)10(14)17-4/h5-6,13H,7H2,1-4H3. The maximum absolute atomic E-state index is 12.5. The van der Waals surface area contributed by atoms with Gasteiger partial charge < -0.3 is 9.84 Å². The molecule has 19 heavy (non-hydrogen) atoms. The Balaban J connectivity index is 3.30. The van der Waals surface area contributed by atoms with E-state index in [9.17, 15) is 18.3 Å². The van der Waals surface area contributed by atoms with Crippen LogP contribution in [0.5, 0.6) is 0 Å². The minimum absolute atomic E-state index is 0.0306. The van der Waals surface area contributed by atoms with Gasteiger partial charge in [-0.1, -0.05) is 0 Å². The number of rotatable bonds is 5. The Bertz CT molecular complexity index is 561. The number of hydrogen-bond donors (Lipinski definition) is 1. The lowest BCUT2D eigenvalue weighted by atomic mass is 10.1. The minimum Gasteiger partial charge on any atom is -0.465 e. The van der Waals surface area contributed by atoms with Gasteiger partial charge in [-0.05, 0) is 25.3 Å². The van der Waals surface area contributed by atoms with E-state index in [1.54, 1.807) is 13.8 Å². The normalized spacial score (nSPS) is 12.7. The largest absolute Gasteiger partial charge is 0.465 e. The first-order valence-corrected chi connectivity index (χ1v) is 7.76. The van der Waals surface area contributed by atoms with Crippen molar-refractivity contribution in [2.24, 2.45) is 0 Å². The van der Waals surface area contributed by atoms with Crippen molar-refractivity contribution in [2.45, 2.75) is 24.3 Å². The smallest absolute Gasteiger partial charge is 0.349 e. The fourth-order valence-electron chi connectivity index (χ4n) is 1.31. The molecule has 0 unspecified atom stereocenters. The van der Waals surface area contributed by atoms with Crippen LogP contribution in [0.4, 0.5) is 0 Å². The number of ether oxygens (including phenoxy) is 1. The predicted molar refractivity (Wildman–Crippen MR) is 71.8 cm³/mol. The van der Waals surface area contributed by atoms with Gasteiger partial charge in [0.1, 0.15) is 9.77 Å². The van der Waals surface area contributed by atoms with E-state index in [0.717, 1.165) is 15.6 Å². The number of esters is 1. The van der Waals surface area contributed by atoms with Crippen LogP contribution in [0.3, 0.4) is 0 Å². The average Bonchev–Trinajstić information content (AvgIpc) is 2.86. The molecule has 0 saturated carbocycles. The average molecular weight is 307 g/mol. The van der Waals surface area contributed by atoms with Crippen LogP contribution >= 0.6 is 11.3 Å². The Morgan fingerprint density at radius 3 is 2.58 bits per heavy atom. The summed E-state index contributed by atoms with van der Waals surface area (Å²) in [5, 5.41) is 10.8. The highest BCUT2D eigenvalue weighted by atomic mass is 32.2.